The maximum Gasteiger partial charge on any atom is 0.119 e. The van der Waals surface area contributed by atoms with Crippen molar-refractivity contribution >= 4 is 0 Å². The van der Waals surface area contributed by atoms with Gasteiger partial charge in [-0.25, -0.2) is 0 Å². The van der Waals surface area contributed by atoms with Gasteiger partial charge in [-0.15, -0.1) is 0 Å². The van der Waals surface area contributed by atoms with Gasteiger partial charge in [-0.1, -0.05) is 19.9 Å². The van der Waals surface area contributed by atoms with Crippen LogP contribution >= 0.6 is 0 Å². The van der Waals surface area contributed by atoms with Gasteiger partial charge in [-0.05, 0) is 55.6 Å². The third-order valence-corrected chi connectivity index (χ3v) is 3.35. The molecule has 1 N–H and O–H groups in total. The molecule has 0 aromatic heterocycles. The minimum absolute atomic E-state index is 0.568. The number of aryl methyl sites for hydroxylation is 1. The Kier molecular flexibility index (Phi) is 4.81. The Morgan fingerprint density at radius 2 is 2.00 bits per heavy atom. The summed E-state index contributed by atoms with van der Waals surface area (Å²) in [6.45, 7) is 7.77. The van der Waals surface area contributed by atoms with Crippen LogP contribution in [0, 0.1) is 12.8 Å². The second kappa shape index (κ2) is 5.90. The van der Waals surface area contributed by atoms with Crippen LogP contribution in [0.3, 0.4) is 0 Å². The van der Waals surface area contributed by atoms with Gasteiger partial charge in [0, 0.05) is 0 Å². The fourth-order valence-corrected chi connectivity index (χ4v) is 2.09. The summed E-state index contributed by atoms with van der Waals surface area (Å²) in [7, 11) is 3.71. The highest BCUT2D eigenvalue weighted by Gasteiger charge is 2.15. The van der Waals surface area contributed by atoms with Crippen molar-refractivity contribution in [2.75, 3.05) is 20.7 Å². The summed E-state index contributed by atoms with van der Waals surface area (Å²) >= 11 is 0. The van der Waals surface area contributed by atoms with Crippen molar-refractivity contribution in [2.45, 2.75) is 26.7 Å². The van der Waals surface area contributed by atoms with Crippen LogP contribution in [-0.2, 0) is 0 Å². The topological polar surface area (TPSA) is 21.3 Å². The molecule has 0 saturated carbocycles. The molecule has 0 saturated heterocycles. The highest BCUT2D eigenvalue weighted by molar-refractivity contribution is 5.36. The maximum absolute atomic E-state index is 5.23. The van der Waals surface area contributed by atoms with E-state index in [1.807, 2.05) is 13.1 Å². The second-order valence-electron chi connectivity index (χ2n) is 4.55. The van der Waals surface area contributed by atoms with Gasteiger partial charge in [-0.3, -0.25) is 0 Å². The summed E-state index contributed by atoms with van der Waals surface area (Å²) in [5, 5.41) is 3.24. The van der Waals surface area contributed by atoms with E-state index in [-0.39, 0.29) is 0 Å². The molecule has 2 atom stereocenters. The van der Waals surface area contributed by atoms with Crippen molar-refractivity contribution in [1.82, 2.24) is 5.32 Å². The molecule has 0 aliphatic heterocycles. The van der Waals surface area contributed by atoms with Crippen LogP contribution in [0.4, 0.5) is 0 Å². The Hall–Kier alpha value is -1.02. The average Bonchev–Trinajstić information content (AvgIpc) is 2.28. The van der Waals surface area contributed by atoms with Crippen molar-refractivity contribution in [3.8, 4) is 5.75 Å². The number of ether oxygens (including phenoxy) is 1. The van der Waals surface area contributed by atoms with E-state index in [4.69, 9.17) is 4.74 Å². The van der Waals surface area contributed by atoms with E-state index in [1.54, 1.807) is 7.11 Å². The average molecular weight is 221 g/mol. The van der Waals surface area contributed by atoms with Gasteiger partial charge in [0.15, 0.2) is 0 Å². The number of hydrogen-bond acceptors (Lipinski definition) is 2. The zero-order valence-corrected chi connectivity index (χ0v) is 11.0. The number of hydrogen-bond donors (Lipinski definition) is 1. The van der Waals surface area contributed by atoms with Crippen molar-refractivity contribution in [3.05, 3.63) is 29.3 Å². The smallest absolute Gasteiger partial charge is 0.119 e. The molecule has 0 amide bonds. The molecule has 0 fully saturated rings. The molecular formula is C14H23NO. The van der Waals surface area contributed by atoms with Crippen LogP contribution in [0.25, 0.3) is 0 Å². The summed E-state index contributed by atoms with van der Waals surface area (Å²) in [5.74, 6) is 2.14. The summed E-state index contributed by atoms with van der Waals surface area (Å²) in [5.41, 5.74) is 2.73. The van der Waals surface area contributed by atoms with Gasteiger partial charge in [-0.2, -0.15) is 0 Å². The van der Waals surface area contributed by atoms with Crippen LogP contribution in [0.2, 0.25) is 0 Å². The summed E-state index contributed by atoms with van der Waals surface area (Å²) in [4.78, 5) is 0. The summed E-state index contributed by atoms with van der Waals surface area (Å²) in [6, 6.07) is 6.34. The first kappa shape index (κ1) is 13.0. The molecule has 2 unspecified atom stereocenters. The maximum atomic E-state index is 5.23. The molecule has 0 aliphatic rings. The van der Waals surface area contributed by atoms with Gasteiger partial charge in [0.05, 0.1) is 7.11 Å². The first-order chi connectivity index (χ1) is 7.60. The molecule has 90 valence electrons. The molecule has 0 spiro atoms. The van der Waals surface area contributed by atoms with Crippen LogP contribution in [-0.4, -0.2) is 20.7 Å². The number of nitrogens with one attached hydrogen (secondary N) is 1. The van der Waals surface area contributed by atoms with Crippen LogP contribution in [0.1, 0.15) is 30.9 Å². The molecule has 16 heavy (non-hydrogen) atoms. The monoisotopic (exact) mass is 221 g/mol. The highest BCUT2D eigenvalue weighted by Crippen LogP contribution is 2.28. The van der Waals surface area contributed by atoms with E-state index in [1.165, 1.54) is 11.1 Å². The van der Waals surface area contributed by atoms with Gasteiger partial charge in [0.2, 0.25) is 0 Å². The predicted octanol–water partition coefficient (Wildman–Crippen LogP) is 2.96. The fourth-order valence-electron chi connectivity index (χ4n) is 2.09. The molecule has 1 aromatic rings. The fraction of sp³-hybridized carbons (Fsp3) is 0.571. The van der Waals surface area contributed by atoms with Gasteiger partial charge in [0.1, 0.15) is 5.75 Å². The zero-order valence-electron chi connectivity index (χ0n) is 11.0. The third-order valence-electron chi connectivity index (χ3n) is 3.35. The molecule has 0 heterocycles. The number of methoxy groups -OCH3 is 1. The molecule has 2 heteroatoms. The van der Waals surface area contributed by atoms with Crippen LogP contribution in [0.15, 0.2) is 18.2 Å². The Labute approximate surface area is 99.0 Å². The minimum atomic E-state index is 0.568. The zero-order chi connectivity index (χ0) is 12.1. The lowest BCUT2D eigenvalue weighted by atomic mass is 9.86. The highest BCUT2D eigenvalue weighted by atomic mass is 16.5. The molecule has 1 rings (SSSR count). The van der Waals surface area contributed by atoms with E-state index in [2.05, 4.69) is 38.2 Å². The van der Waals surface area contributed by atoms with Crippen molar-refractivity contribution in [1.29, 1.82) is 0 Å². The molecule has 0 aliphatic carbocycles. The van der Waals surface area contributed by atoms with Gasteiger partial charge >= 0.3 is 0 Å². The van der Waals surface area contributed by atoms with E-state index < -0.39 is 0 Å². The Morgan fingerprint density at radius 1 is 1.31 bits per heavy atom. The van der Waals surface area contributed by atoms with Crippen molar-refractivity contribution in [3.63, 3.8) is 0 Å². The third kappa shape index (κ3) is 2.99. The molecule has 0 bridgehead atoms. The largest absolute Gasteiger partial charge is 0.497 e. The first-order valence-corrected chi connectivity index (χ1v) is 5.89. The van der Waals surface area contributed by atoms with Crippen molar-refractivity contribution < 1.29 is 4.74 Å². The SMILES string of the molecule is CNCC(C)C(C)c1ccc(OC)cc1C. The lowest BCUT2D eigenvalue weighted by Gasteiger charge is -2.22. The van der Waals surface area contributed by atoms with E-state index >= 15 is 0 Å². The van der Waals surface area contributed by atoms with Crippen LogP contribution in [0.5, 0.6) is 5.75 Å². The van der Waals surface area contributed by atoms with E-state index in [0.717, 1.165) is 12.3 Å². The molecule has 2 nitrogen and oxygen atoms in total. The summed E-state index contributed by atoms with van der Waals surface area (Å²) < 4.78 is 5.23. The quantitative estimate of drug-likeness (QED) is 0.825. The summed E-state index contributed by atoms with van der Waals surface area (Å²) in [6.07, 6.45) is 0. The lowest BCUT2D eigenvalue weighted by Crippen LogP contribution is -2.21. The molecular weight excluding hydrogens is 198 g/mol. The Bertz CT molecular complexity index is 336. The minimum Gasteiger partial charge on any atom is -0.497 e. The standard InChI is InChI=1S/C14H23NO/c1-10-8-13(16-5)6-7-14(10)12(3)11(2)9-15-4/h6-8,11-12,15H,9H2,1-5H3. The van der Waals surface area contributed by atoms with Crippen LogP contribution < -0.4 is 10.1 Å². The van der Waals surface area contributed by atoms with Crippen molar-refractivity contribution in [2.24, 2.45) is 5.92 Å². The normalized spacial score (nSPS) is 14.6. The Morgan fingerprint density at radius 3 is 2.50 bits per heavy atom. The van der Waals surface area contributed by atoms with Gasteiger partial charge in [0.25, 0.3) is 0 Å². The second-order valence-corrected chi connectivity index (χ2v) is 4.55. The van der Waals surface area contributed by atoms with E-state index in [9.17, 15) is 0 Å². The Balaban J connectivity index is 2.87. The number of benzene rings is 1. The van der Waals surface area contributed by atoms with E-state index in [0.29, 0.717) is 11.8 Å². The van der Waals surface area contributed by atoms with Gasteiger partial charge < -0.3 is 10.1 Å². The predicted molar refractivity (Wildman–Crippen MR) is 69.2 cm³/mol. The molecule has 0 radical (unpaired) electrons. The first-order valence-electron chi connectivity index (χ1n) is 5.89. The molecule has 1 aromatic carbocycles. The lowest BCUT2D eigenvalue weighted by molar-refractivity contribution is 0.413. The number of rotatable bonds is 5.